The molecule has 0 radical (unpaired) electrons. The zero-order valence-electron chi connectivity index (χ0n) is 12.7. The van der Waals surface area contributed by atoms with Gasteiger partial charge in [-0.25, -0.2) is 0 Å². The van der Waals surface area contributed by atoms with Crippen LogP contribution in [0.3, 0.4) is 0 Å². The van der Waals surface area contributed by atoms with Gasteiger partial charge in [0.05, 0.1) is 12.8 Å². The van der Waals surface area contributed by atoms with E-state index in [1.165, 1.54) is 13.2 Å². The van der Waals surface area contributed by atoms with Crippen molar-refractivity contribution in [2.45, 2.75) is 26.4 Å². The second-order valence-corrected chi connectivity index (χ2v) is 6.01. The number of aliphatic carboxylic acids is 1. The lowest BCUT2D eigenvalue weighted by Crippen LogP contribution is -2.40. The van der Waals surface area contributed by atoms with Gasteiger partial charge in [-0.05, 0) is 26.8 Å². The van der Waals surface area contributed by atoms with Crippen molar-refractivity contribution in [1.29, 1.82) is 0 Å². The third-order valence-corrected chi connectivity index (χ3v) is 3.13. The van der Waals surface area contributed by atoms with Gasteiger partial charge in [-0.3, -0.25) is 24.7 Å². The fourth-order valence-corrected chi connectivity index (χ4v) is 2.13. The quantitative estimate of drug-likeness (QED) is 0.446. The molecule has 1 aliphatic carbocycles. The monoisotopic (exact) mass is 331 g/mol. The third-order valence-electron chi connectivity index (χ3n) is 2.74. The van der Waals surface area contributed by atoms with Crippen molar-refractivity contribution in [3.05, 3.63) is 22.9 Å². The maximum Gasteiger partial charge on any atom is 0.321 e. The molecule has 0 saturated carbocycles. The Morgan fingerprint density at radius 3 is 2.45 bits per heavy atom. The normalized spacial score (nSPS) is 19.9. The number of ether oxygens (including phenoxy) is 1. The molecule has 0 aromatic heterocycles. The fourth-order valence-electron chi connectivity index (χ4n) is 1.91. The molecule has 0 aliphatic heterocycles. The Balaban J connectivity index is 3.20. The van der Waals surface area contributed by atoms with Gasteiger partial charge in [-0.2, -0.15) is 0 Å². The summed E-state index contributed by atoms with van der Waals surface area (Å²) in [6.45, 7) is 4.88. The number of carboxylic acid groups (broad SMARTS) is 1. The molecule has 22 heavy (non-hydrogen) atoms. The largest absolute Gasteiger partial charge is 0.481 e. The molecule has 0 aromatic rings. The van der Waals surface area contributed by atoms with Crippen LogP contribution in [0.25, 0.3) is 0 Å². The molecular weight excluding hydrogens is 314 g/mol. The van der Waals surface area contributed by atoms with Crippen LogP contribution in [0.1, 0.15) is 20.8 Å². The number of carboxylic acids is 1. The highest BCUT2D eigenvalue weighted by Gasteiger charge is 2.41. The van der Waals surface area contributed by atoms with Gasteiger partial charge >= 0.3 is 11.9 Å². The summed E-state index contributed by atoms with van der Waals surface area (Å²) in [6.07, 6.45) is 2.41. The van der Waals surface area contributed by atoms with Crippen LogP contribution in [0, 0.1) is 11.8 Å². The molecule has 2 atom stereocenters. The molecule has 0 fully saturated rings. The van der Waals surface area contributed by atoms with Gasteiger partial charge in [0.15, 0.2) is 11.7 Å². The summed E-state index contributed by atoms with van der Waals surface area (Å²) < 4.78 is 5.13. The lowest BCUT2D eigenvalue weighted by molar-refractivity contribution is -0.168. The Bertz CT molecular complexity index is 546. The summed E-state index contributed by atoms with van der Waals surface area (Å²) in [5.74, 6) is -5.39. The number of ketones is 1. The summed E-state index contributed by atoms with van der Waals surface area (Å²) in [5.41, 5.74) is 1.54. The average molecular weight is 332 g/mol. The van der Waals surface area contributed by atoms with Crippen molar-refractivity contribution in [1.82, 2.24) is 5.48 Å². The molecule has 0 bridgehead atoms. The molecule has 2 N–H and O–H groups in total. The van der Waals surface area contributed by atoms with Crippen molar-refractivity contribution in [3.63, 3.8) is 0 Å². The molecule has 1 rings (SSSR count). The van der Waals surface area contributed by atoms with E-state index in [-0.39, 0.29) is 10.7 Å². The third kappa shape index (κ3) is 4.32. The van der Waals surface area contributed by atoms with Gasteiger partial charge in [0.25, 0.3) is 0 Å². The number of esters is 1. The number of carbonyl (C=O) groups is 3. The van der Waals surface area contributed by atoms with E-state index in [1.54, 1.807) is 20.8 Å². The van der Waals surface area contributed by atoms with Gasteiger partial charge < -0.3 is 9.84 Å². The molecule has 7 nitrogen and oxygen atoms in total. The molecule has 0 aromatic carbocycles. The number of carbonyl (C=O) groups excluding carboxylic acids is 2. The number of hydrogen-bond acceptors (Lipinski definition) is 6. The predicted octanol–water partition coefficient (Wildman–Crippen LogP) is 1.39. The Morgan fingerprint density at radius 2 is 2.00 bits per heavy atom. The van der Waals surface area contributed by atoms with E-state index in [0.717, 1.165) is 6.08 Å². The van der Waals surface area contributed by atoms with E-state index in [1.807, 2.05) is 0 Å². The Labute approximate surface area is 132 Å². The molecule has 0 spiro atoms. The minimum absolute atomic E-state index is 0.00919. The minimum Gasteiger partial charge on any atom is -0.481 e. The second kappa shape index (κ2) is 6.93. The number of nitrogens with one attached hydrogen (secondary N) is 1. The molecular formula is C14H18ClNO6. The van der Waals surface area contributed by atoms with Gasteiger partial charge in [0.1, 0.15) is 10.6 Å². The van der Waals surface area contributed by atoms with E-state index >= 15 is 0 Å². The maximum atomic E-state index is 12.2. The van der Waals surface area contributed by atoms with Gasteiger partial charge in [0.2, 0.25) is 0 Å². The molecule has 2 unspecified atom stereocenters. The van der Waals surface area contributed by atoms with Gasteiger partial charge in [-0.15, -0.1) is 0 Å². The van der Waals surface area contributed by atoms with Crippen LogP contribution in [0.4, 0.5) is 0 Å². The van der Waals surface area contributed by atoms with Gasteiger partial charge in [0, 0.05) is 5.92 Å². The van der Waals surface area contributed by atoms with E-state index in [9.17, 15) is 19.5 Å². The smallest absolute Gasteiger partial charge is 0.321 e. The van der Waals surface area contributed by atoms with Crippen LogP contribution < -0.4 is 5.48 Å². The van der Waals surface area contributed by atoms with Crippen LogP contribution >= 0.6 is 11.6 Å². The van der Waals surface area contributed by atoms with Crippen molar-refractivity contribution in [2.24, 2.45) is 11.8 Å². The van der Waals surface area contributed by atoms with Crippen LogP contribution in [0.15, 0.2) is 22.9 Å². The SMILES string of the molecule is CONC1=C(Cl)C(=O)C=CC1C(C(=O)O)C(=O)OC(C)(C)C. The highest BCUT2D eigenvalue weighted by atomic mass is 35.5. The minimum atomic E-state index is -1.56. The lowest BCUT2D eigenvalue weighted by atomic mass is 9.85. The summed E-state index contributed by atoms with van der Waals surface area (Å²) >= 11 is 5.88. The first-order chi connectivity index (χ1) is 10.1. The summed E-state index contributed by atoms with van der Waals surface area (Å²) in [5, 5.41) is 9.14. The van der Waals surface area contributed by atoms with Crippen molar-refractivity contribution in [2.75, 3.05) is 7.11 Å². The first-order valence-corrected chi connectivity index (χ1v) is 6.83. The highest BCUT2D eigenvalue weighted by molar-refractivity contribution is 6.45. The zero-order chi connectivity index (χ0) is 17.1. The summed E-state index contributed by atoms with van der Waals surface area (Å²) in [4.78, 5) is 40.0. The average Bonchev–Trinajstić information content (AvgIpc) is 2.35. The Morgan fingerprint density at radius 1 is 1.41 bits per heavy atom. The Hall–Kier alpha value is -1.86. The number of hydroxylamine groups is 1. The van der Waals surface area contributed by atoms with Crippen LogP contribution in [-0.4, -0.2) is 35.5 Å². The van der Waals surface area contributed by atoms with Crippen molar-refractivity contribution in [3.8, 4) is 0 Å². The summed E-state index contributed by atoms with van der Waals surface area (Å²) in [7, 11) is 1.28. The van der Waals surface area contributed by atoms with Crippen LogP contribution in [-0.2, 0) is 24.0 Å². The summed E-state index contributed by atoms with van der Waals surface area (Å²) in [6, 6.07) is 0. The number of rotatable bonds is 5. The maximum absolute atomic E-state index is 12.2. The zero-order valence-corrected chi connectivity index (χ0v) is 13.4. The molecule has 0 amide bonds. The topological polar surface area (TPSA) is 102 Å². The van der Waals surface area contributed by atoms with Crippen LogP contribution in [0.5, 0.6) is 0 Å². The Kier molecular flexibility index (Phi) is 5.73. The predicted molar refractivity (Wildman–Crippen MR) is 77.6 cm³/mol. The molecule has 1 aliphatic rings. The van der Waals surface area contributed by atoms with Gasteiger partial charge in [-0.1, -0.05) is 17.7 Å². The molecule has 0 saturated heterocycles. The van der Waals surface area contributed by atoms with Crippen LogP contribution in [0.2, 0.25) is 0 Å². The highest BCUT2D eigenvalue weighted by Crippen LogP contribution is 2.31. The lowest BCUT2D eigenvalue weighted by Gasteiger charge is -2.28. The molecule has 8 heteroatoms. The molecule has 0 heterocycles. The second-order valence-electron chi connectivity index (χ2n) is 5.63. The number of allylic oxidation sites excluding steroid dienone is 3. The fraction of sp³-hybridized carbons (Fsp3) is 0.500. The first kappa shape index (κ1) is 18.2. The standard InChI is InChI=1S/C14H18ClNO6/c1-14(2,3)22-13(20)9(12(18)19)7-5-6-8(17)10(15)11(7)16-21-4/h5-7,9,16H,1-4H3,(H,18,19). The van der Waals surface area contributed by atoms with Crippen molar-refractivity contribution < 1.29 is 29.1 Å². The van der Waals surface area contributed by atoms with E-state index in [4.69, 9.17) is 21.2 Å². The number of halogens is 1. The first-order valence-electron chi connectivity index (χ1n) is 6.45. The molecule has 122 valence electrons. The number of hydrogen-bond donors (Lipinski definition) is 2. The van der Waals surface area contributed by atoms with Crippen molar-refractivity contribution >= 4 is 29.3 Å². The van der Waals surface area contributed by atoms with E-state index in [0.29, 0.717) is 0 Å². The van der Waals surface area contributed by atoms with E-state index < -0.39 is 35.2 Å². The van der Waals surface area contributed by atoms with E-state index in [2.05, 4.69) is 5.48 Å².